The highest BCUT2D eigenvalue weighted by molar-refractivity contribution is 7.92. The first-order valence-electron chi connectivity index (χ1n) is 8.57. The van der Waals surface area contributed by atoms with Crippen LogP contribution in [-0.2, 0) is 16.6 Å². The first-order valence-corrected chi connectivity index (χ1v) is 10.1. The lowest BCUT2D eigenvalue weighted by atomic mass is 10.1. The zero-order valence-corrected chi connectivity index (χ0v) is 16.1. The Morgan fingerprint density at radius 3 is 2.21 bits per heavy atom. The average Bonchev–Trinajstić information content (AvgIpc) is 2.73. The summed E-state index contributed by atoms with van der Waals surface area (Å²) in [7, 11) is -2.34. The third-order valence-corrected chi connectivity index (χ3v) is 5.46. The lowest BCUT2D eigenvalue weighted by Crippen LogP contribution is -2.25. The van der Waals surface area contributed by atoms with Crippen molar-refractivity contribution in [1.29, 1.82) is 0 Å². The van der Waals surface area contributed by atoms with Crippen molar-refractivity contribution in [3.05, 3.63) is 90.0 Å². The molecule has 0 spiro atoms. The van der Waals surface area contributed by atoms with Crippen molar-refractivity contribution in [1.82, 2.24) is 5.32 Å². The molecule has 2 N–H and O–H groups in total. The monoisotopic (exact) mass is 396 g/mol. The van der Waals surface area contributed by atoms with Gasteiger partial charge in [0.15, 0.2) is 0 Å². The van der Waals surface area contributed by atoms with Gasteiger partial charge in [-0.3, -0.25) is 9.52 Å². The molecule has 0 unspecified atom stereocenters. The Kier molecular flexibility index (Phi) is 5.96. The minimum atomic E-state index is -3.85. The van der Waals surface area contributed by atoms with E-state index in [9.17, 15) is 13.2 Å². The molecule has 6 nitrogen and oxygen atoms in total. The van der Waals surface area contributed by atoms with Gasteiger partial charge in [-0.15, -0.1) is 0 Å². The number of hydrogen-bond acceptors (Lipinski definition) is 4. The lowest BCUT2D eigenvalue weighted by Gasteiger charge is -2.13. The Morgan fingerprint density at radius 2 is 1.54 bits per heavy atom. The molecular formula is C21H20N2O4S. The standard InChI is InChI=1S/C21H20N2O4S/c1-27-17-11-13-18(14-12-17)28(25,26)23-20-10-6-5-9-19(20)21(24)22-15-16-7-3-2-4-8-16/h2-14,23H,15H2,1H3,(H,22,24). The summed E-state index contributed by atoms with van der Waals surface area (Å²) in [6, 6.07) is 22.0. The van der Waals surface area contributed by atoms with E-state index in [-0.39, 0.29) is 22.1 Å². The smallest absolute Gasteiger partial charge is 0.261 e. The number of ether oxygens (including phenoxy) is 1. The summed E-state index contributed by atoms with van der Waals surface area (Å²) in [5, 5.41) is 2.81. The van der Waals surface area contributed by atoms with Crippen LogP contribution in [0, 0.1) is 0 Å². The summed E-state index contributed by atoms with van der Waals surface area (Å²) in [6.45, 7) is 0.346. The average molecular weight is 396 g/mol. The van der Waals surface area contributed by atoms with Crippen LogP contribution in [0.2, 0.25) is 0 Å². The van der Waals surface area contributed by atoms with Crippen molar-refractivity contribution in [2.45, 2.75) is 11.4 Å². The van der Waals surface area contributed by atoms with E-state index in [2.05, 4.69) is 10.0 Å². The number of nitrogens with one attached hydrogen (secondary N) is 2. The van der Waals surface area contributed by atoms with Crippen molar-refractivity contribution >= 4 is 21.6 Å². The number of hydrogen-bond donors (Lipinski definition) is 2. The molecule has 3 rings (SSSR count). The quantitative estimate of drug-likeness (QED) is 0.641. The molecule has 144 valence electrons. The van der Waals surface area contributed by atoms with Gasteiger partial charge in [-0.1, -0.05) is 42.5 Å². The van der Waals surface area contributed by atoms with Crippen LogP contribution in [-0.4, -0.2) is 21.4 Å². The molecule has 0 saturated carbocycles. The summed E-state index contributed by atoms with van der Waals surface area (Å²) in [5.74, 6) is 0.191. The molecule has 0 heterocycles. The summed E-state index contributed by atoms with van der Waals surface area (Å²) in [4.78, 5) is 12.7. The molecule has 0 bridgehead atoms. The van der Waals surface area contributed by atoms with Gasteiger partial charge in [-0.05, 0) is 42.0 Å². The Labute approximate surface area is 164 Å². The second kappa shape index (κ2) is 8.58. The molecule has 0 atom stereocenters. The van der Waals surface area contributed by atoms with Gasteiger partial charge in [0.25, 0.3) is 15.9 Å². The van der Waals surface area contributed by atoms with E-state index in [0.29, 0.717) is 12.3 Å². The molecule has 1 amide bonds. The van der Waals surface area contributed by atoms with Crippen LogP contribution in [0.25, 0.3) is 0 Å². The van der Waals surface area contributed by atoms with Gasteiger partial charge in [-0.2, -0.15) is 0 Å². The van der Waals surface area contributed by atoms with E-state index < -0.39 is 10.0 Å². The van der Waals surface area contributed by atoms with Crippen LogP contribution in [0.15, 0.2) is 83.8 Å². The van der Waals surface area contributed by atoms with Gasteiger partial charge < -0.3 is 10.1 Å². The van der Waals surface area contributed by atoms with E-state index in [1.165, 1.54) is 19.2 Å². The number of para-hydroxylation sites is 1. The van der Waals surface area contributed by atoms with Crippen LogP contribution in [0.1, 0.15) is 15.9 Å². The highest BCUT2D eigenvalue weighted by Gasteiger charge is 2.18. The van der Waals surface area contributed by atoms with Gasteiger partial charge in [0.1, 0.15) is 5.75 Å². The maximum absolute atomic E-state index is 12.7. The number of rotatable bonds is 7. The van der Waals surface area contributed by atoms with E-state index in [4.69, 9.17) is 4.74 Å². The number of amides is 1. The number of carbonyl (C=O) groups excluding carboxylic acids is 1. The van der Waals surface area contributed by atoms with Crippen molar-refractivity contribution < 1.29 is 17.9 Å². The van der Waals surface area contributed by atoms with Crippen molar-refractivity contribution in [3.8, 4) is 5.75 Å². The largest absolute Gasteiger partial charge is 0.497 e. The second-order valence-corrected chi connectivity index (χ2v) is 7.68. The van der Waals surface area contributed by atoms with Crippen LogP contribution < -0.4 is 14.8 Å². The SMILES string of the molecule is COc1ccc(S(=O)(=O)Nc2ccccc2C(=O)NCc2ccccc2)cc1. The normalized spacial score (nSPS) is 10.9. The molecule has 7 heteroatoms. The number of benzene rings is 3. The van der Waals surface area contributed by atoms with E-state index >= 15 is 0 Å². The molecular weight excluding hydrogens is 376 g/mol. The van der Waals surface area contributed by atoms with Crippen molar-refractivity contribution in [2.24, 2.45) is 0 Å². The minimum Gasteiger partial charge on any atom is -0.497 e. The predicted octanol–water partition coefficient (Wildman–Crippen LogP) is 3.43. The molecule has 0 fully saturated rings. The highest BCUT2D eigenvalue weighted by Crippen LogP contribution is 2.22. The molecule has 0 aromatic heterocycles. The summed E-state index contributed by atoms with van der Waals surface area (Å²) >= 11 is 0. The van der Waals surface area contributed by atoms with Crippen LogP contribution in [0.5, 0.6) is 5.75 Å². The molecule has 0 saturated heterocycles. The van der Waals surface area contributed by atoms with Crippen LogP contribution in [0.3, 0.4) is 0 Å². The summed E-state index contributed by atoms with van der Waals surface area (Å²) in [5.41, 5.74) is 1.41. The topological polar surface area (TPSA) is 84.5 Å². The van der Waals surface area contributed by atoms with Gasteiger partial charge in [-0.25, -0.2) is 8.42 Å². The summed E-state index contributed by atoms with van der Waals surface area (Å²) < 4.78 is 32.9. The zero-order valence-electron chi connectivity index (χ0n) is 15.3. The number of carbonyl (C=O) groups is 1. The minimum absolute atomic E-state index is 0.0767. The van der Waals surface area contributed by atoms with Crippen LogP contribution >= 0.6 is 0 Å². The van der Waals surface area contributed by atoms with Gasteiger partial charge in [0, 0.05) is 6.54 Å². The number of sulfonamides is 1. The molecule has 3 aromatic carbocycles. The molecule has 0 aliphatic carbocycles. The first kappa shape index (κ1) is 19.4. The van der Waals surface area contributed by atoms with Crippen molar-refractivity contribution in [3.63, 3.8) is 0 Å². The Bertz CT molecular complexity index is 1050. The Hall–Kier alpha value is -3.32. The zero-order chi connectivity index (χ0) is 20.0. The first-order chi connectivity index (χ1) is 13.5. The van der Waals surface area contributed by atoms with Crippen LogP contribution in [0.4, 0.5) is 5.69 Å². The third-order valence-electron chi connectivity index (χ3n) is 4.08. The summed E-state index contributed by atoms with van der Waals surface area (Å²) in [6.07, 6.45) is 0. The van der Waals surface area contributed by atoms with E-state index in [1.807, 2.05) is 30.3 Å². The molecule has 3 aromatic rings. The predicted molar refractivity (Wildman–Crippen MR) is 108 cm³/mol. The molecule has 28 heavy (non-hydrogen) atoms. The van der Waals surface area contributed by atoms with Crippen molar-refractivity contribution in [2.75, 3.05) is 11.8 Å². The fourth-order valence-corrected chi connectivity index (χ4v) is 3.68. The lowest BCUT2D eigenvalue weighted by molar-refractivity contribution is 0.0952. The maximum atomic E-state index is 12.7. The maximum Gasteiger partial charge on any atom is 0.261 e. The van der Waals surface area contributed by atoms with E-state index in [0.717, 1.165) is 5.56 Å². The number of anilines is 1. The van der Waals surface area contributed by atoms with Gasteiger partial charge >= 0.3 is 0 Å². The van der Waals surface area contributed by atoms with Gasteiger partial charge in [0.2, 0.25) is 0 Å². The Balaban J connectivity index is 1.78. The highest BCUT2D eigenvalue weighted by atomic mass is 32.2. The molecule has 0 aliphatic heterocycles. The third kappa shape index (κ3) is 4.69. The van der Waals surface area contributed by atoms with Gasteiger partial charge in [0.05, 0.1) is 23.3 Å². The Morgan fingerprint density at radius 1 is 0.893 bits per heavy atom. The van der Waals surface area contributed by atoms with E-state index in [1.54, 1.807) is 36.4 Å². The number of methoxy groups -OCH3 is 1. The molecule has 0 radical (unpaired) electrons. The fraction of sp³-hybridized carbons (Fsp3) is 0.0952. The second-order valence-electron chi connectivity index (χ2n) is 5.99. The molecule has 0 aliphatic rings. The fourth-order valence-electron chi connectivity index (χ4n) is 2.60.